The first-order valence-corrected chi connectivity index (χ1v) is 7.12. The molecule has 106 valence electrons. The first-order chi connectivity index (χ1) is 9.58. The van der Waals surface area contributed by atoms with Crippen molar-refractivity contribution in [2.24, 2.45) is 0 Å². The average Bonchev–Trinajstić information content (AvgIpc) is 2.39. The SMILES string of the molecule is CCCOc1nc(N)nc(Nc2ccc(Cl)cc2Br)n1. The lowest BCUT2D eigenvalue weighted by atomic mass is 10.3. The Bertz CT molecular complexity index is 610. The number of halogens is 2. The molecule has 2 rings (SSSR count). The highest BCUT2D eigenvalue weighted by atomic mass is 79.9. The second-order valence-corrected chi connectivity index (χ2v) is 5.19. The number of anilines is 3. The highest BCUT2D eigenvalue weighted by molar-refractivity contribution is 9.10. The number of aromatic nitrogens is 3. The summed E-state index contributed by atoms with van der Waals surface area (Å²) in [6.45, 7) is 2.52. The Morgan fingerprint density at radius 1 is 1.35 bits per heavy atom. The summed E-state index contributed by atoms with van der Waals surface area (Å²) in [5.41, 5.74) is 6.40. The first-order valence-electron chi connectivity index (χ1n) is 5.95. The standard InChI is InChI=1S/C12H13BrClN5O/c1-2-5-20-12-18-10(15)17-11(19-12)16-9-4-3-7(14)6-8(9)13/h3-4,6H,2,5H2,1H3,(H3,15,16,17,18,19). The van der Waals surface area contributed by atoms with Crippen molar-refractivity contribution in [2.45, 2.75) is 13.3 Å². The summed E-state index contributed by atoms with van der Waals surface area (Å²) in [5.74, 6) is 0.408. The number of ether oxygens (including phenoxy) is 1. The Morgan fingerprint density at radius 2 is 2.15 bits per heavy atom. The van der Waals surface area contributed by atoms with E-state index in [0.717, 1.165) is 16.6 Å². The number of nitrogen functional groups attached to an aromatic ring is 1. The molecule has 20 heavy (non-hydrogen) atoms. The Hall–Kier alpha value is -1.60. The third kappa shape index (κ3) is 3.94. The van der Waals surface area contributed by atoms with Gasteiger partial charge in [0.25, 0.3) is 0 Å². The van der Waals surface area contributed by atoms with Crippen LogP contribution in [0.2, 0.25) is 5.02 Å². The van der Waals surface area contributed by atoms with Gasteiger partial charge in [-0.1, -0.05) is 18.5 Å². The molecule has 1 aromatic carbocycles. The molecule has 0 amide bonds. The van der Waals surface area contributed by atoms with Crippen molar-refractivity contribution in [2.75, 3.05) is 17.7 Å². The van der Waals surface area contributed by atoms with E-state index >= 15 is 0 Å². The van der Waals surface area contributed by atoms with Gasteiger partial charge in [-0.15, -0.1) is 0 Å². The average molecular weight is 359 g/mol. The van der Waals surface area contributed by atoms with Crippen molar-refractivity contribution in [1.29, 1.82) is 0 Å². The first kappa shape index (κ1) is 14.8. The largest absolute Gasteiger partial charge is 0.463 e. The Kier molecular flexibility index (Phi) is 4.97. The van der Waals surface area contributed by atoms with Gasteiger partial charge in [-0.3, -0.25) is 0 Å². The zero-order valence-electron chi connectivity index (χ0n) is 10.7. The van der Waals surface area contributed by atoms with Crippen LogP contribution >= 0.6 is 27.5 Å². The summed E-state index contributed by atoms with van der Waals surface area (Å²) in [7, 11) is 0. The quantitative estimate of drug-likeness (QED) is 0.852. The van der Waals surface area contributed by atoms with Crippen LogP contribution in [0.4, 0.5) is 17.6 Å². The lowest BCUT2D eigenvalue weighted by Crippen LogP contribution is -2.07. The molecule has 0 aliphatic rings. The van der Waals surface area contributed by atoms with Crippen molar-refractivity contribution < 1.29 is 4.74 Å². The van der Waals surface area contributed by atoms with Gasteiger partial charge in [-0.05, 0) is 40.5 Å². The molecule has 0 saturated carbocycles. The molecule has 0 saturated heterocycles. The molecule has 0 aliphatic carbocycles. The molecule has 1 heterocycles. The molecule has 0 spiro atoms. The minimum absolute atomic E-state index is 0.0960. The van der Waals surface area contributed by atoms with E-state index in [1.165, 1.54) is 0 Å². The summed E-state index contributed by atoms with van der Waals surface area (Å²) in [6.07, 6.45) is 0.858. The van der Waals surface area contributed by atoms with Gasteiger partial charge in [0.2, 0.25) is 11.9 Å². The van der Waals surface area contributed by atoms with Crippen LogP contribution in [0.25, 0.3) is 0 Å². The zero-order valence-corrected chi connectivity index (χ0v) is 13.1. The number of rotatable bonds is 5. The maximum absolute atomic E-state index is 5.89. The van der Waals surface area contributed by atoms with Crippen molar-refractivity contribution in [3.05, 3.63) is 27.7 Å². The van der Waals surface area contributed by atoms with Crippen molar-refractivity contribution in [3.63, 3.8) is 0 Å². The molecular weight excluding hydrogens is 346 g/mol. The van der Waals surface area contributed by atoms with E-state index in [1.54, 1.807) is 18.2 Å². The number of nitrogens with zero attached hydrogens (tertiary/aromatic N) is 3. The molecule has 2 aromatic rings. The van der Waals surface area contributed by atoms with Crippen LogP contribution in [0.5, 0.6) is 6.01 Å². The van der Waals surface area contributed by atoms with Crippen molar-refractivity contribution in [3.8, 4) is 6.01 Å². The van der Waals surface area contributed by atoms with Crippen LogP contribution in [0.1, 0.15) is 13.3 Å². The van der Waals surface area contributed by atoms with E-state index in [0.29, 0.717) is 17.6 Å². The molecule has 3 N–H and O–H groups in total. The minimum atomic E-state index is 0.0960. The van der Waals surface area contributed by atoms with Gasteiger partial charge >= 0.3 is 6.01 Å². The molecule has 6 nitrogen and oxygen atoms in total. The summed E-state index contributed by atoms with van der Waals surface area (Å²) in [5, 5.41) is 3.66. The van der Waals surface area contributed by atoms with Crippen LogP contribution in [0, 0.1) is 0 Å². The fraction of sp³-hybridized carbons (Fsp3) is 0.250. The number of benzene rings is 1. The van der Waals surface area contributed by atoms with Crippen molar-refractivity contribution >= 4 is 45.1 Å². The van der Waals surface area contributed by atoms with Gasteiger partial charge in [0.05, 0.1) is 12.3 Å². The number of hydrogen-bond acceptors (Lipinski definition) is 6. The molecule has 1 aromatic heterocycles. The molecular formula is C12H13BrClN5O. The normalized spacial score (nSPS) is 10.3. The Balaban J connectivity index is 2.21. The monoisotopic (exact) mass is 357 g/mol. The molecule has 8 heteroatoms. The second kappa shape index (κ2) is 6.71. The third-order valence-corrected chi connectivity index (χ3v) is 3.14. The maximum Gasteiger partial charge on any atom is 0.323 e. The van der Waals surface area contributed by atoms with Gasteiger partial charge in [-0.25, -0.2) is 0 Å². The van der Waals surface area contributed by atoms with E-state index in [4.69, 9.17) is 22.1 Å². The Morgan fingerprint density at radius 3 is 2.85 bits per heavy atom. The molecule has 0 bridgehead atoms. The van der Waals surface area contributed by atoms with E-state index in [1.807, 2.05) is 6.92 Å². The molecule has 0 fully saturated rings. The molecule has 0 radical (unpaired) electrons. The fourth-order valence-electron chi connectivity index (χ4n) is 1.40. The van der Waals surface area contributed by atoms with E-state index < -0.39 is 0 Å². The van der Waals surface area contributed by atoms with Crippen LogP contribution in [-0.4, -0.2) is 21.6 Å². The Labute approximate surface area is 129 Å². The summed E-state index contributed by atoms with van der Waals surface area (Å²) < 4.78 is 6.14. The summed E-state index contributed by atoms with van der Waals surface area (Å²) in [6, 6.07) is 5.53. The predicted octanol–water partition coefficient (Wildman–Crippen LogP) is 3.40. The van der Waals surface area contributed by atoms with Crippen molar-refractivity contribution in [1.82, 2.24) is 15.0 Å². The van der Waals surface area contributed by atoms with E-state index in [2.05, 4.69) is 36.2 Å². The van der Waals surface area contributed by atoms with Gasteiger partial charge in [-0.2, -0.15) is 15.0 Å². The smallest absolute Gasteiger partial charge is 0.323 e. The van der Waals surface area contributed by atoms with Crippen LogP contribution in [-0.2, 0) is 0 Å². The van der Waals surface area contributed by atoms with Crippen LogP contribution in [0.15, 0.2) is 22.7 Å². The second-order valence-electron chi connectivity index (χ2n) is 3.90. The predicted molar refractivity (Wildman–Crippen MR) is 82.5 cm³/mol. The van der Waals surface area contributed by atoms with Gasteiger partial charge < -0.3 is 15.8 Å². The topological polar surface area (TPSA) is 86.0 Å². The summed E-state index contributed by atoms with van der Waals surface area (Å²) >= 11 is 9.29. The third-order valence-electron chi connectivity index (χ3n) is 2.25. The highest BCUT2D eigenvalue weighted by Crippen LogP contribution is 2.28. The number of hydrogen-bond donors (Lipinski definition) is 2. The fourth-order valence-corrected chi connectivity index (χ4v) is 2.18. The number of nitrogens with two attached hydrogens (primary N) is 1. The van der Waals surface area contributed by atoms with E-state index in [9.17, 15) is 0 Å². The van der Waals surface area contributed by atoms with E-state index in [-0.39, 0.29) is 12.0 Å². The number of nitrogens with one attached hydrogen (secondary N) is 1. The minimum Gasteiger partial charge on any atom is -0.463 e. The maximum atomic E-state index is 5.89. The van der Waals surface area contributed by atoms with Gasteiger partial charge in [0.15, 0.2) is 0 Å². The highest BCUT2D eigenvalue weighted by Gasteiger charge is 2.08. The van der Waals surface area contributed by atoms with Crippen LogP contribution in [0.3, 0.4) is 0 Å². The molecule has 0 atom stereocenters. The lowest BCUT2D eigenvalue weighted by Gasteiger charge is -2.09. The zero-order chi connectivity index (χ0) is 14.5. The van der Waals surface area contributed by atoms with Gasteiger partial charge in [0.1, 0.15) is 0 Å². The lowest BCUT2D eigenvalue weighted by molar-refractivity contribution is 0.292. The molecule has 0 unspecified atom stereocenters. The summed E-state index contributed by atoms with van der Waals surface area (Å²) in [4.78, 5) is 12.1. The molecule has 0 aliphatic heterocycles. The van der Waals surface area contributed by atoms with Gasteiger partial charge in [0, 0.05) is 9.50 Å². The van der Waals surface area contributed by atoms with Crippen LogP contribution < -0.4 is 15.8 Å².